The molecular formula is C5H5ClN2O. The predicted molar refractivity (Wildman–Crippen MR) is 36.2 cm³/mol. The third kappa shape index (κ3) is 1.36. The summed E-state index contributed by atoms with van der Waals surface area (Å²) < 4.78 is 0. The van der Waals surface area contributed by atoms with Crippen molar-refractivity contribution in [3.63, 3.8) is 0 Å². The molecule has 0 spiro atoms. The average molecular weight is 145 g/mol. The summed E-state index contributed by atoms with van der Waals surface area (Å²) in [5.74, 6) is -0.237. The predicted octanol–water partition coefficient (Wildman–Crippen LogP) is 0.623. The molecule has 9 heavy (non-hydrogen) atoms. The van der Waals surface area contributed by atoms with E-state index in [-0.39, 0.29) is 5.91 Å². The molecule has 1 rings (SSSR count). The lowest BCUT2D eigenvalue weighted by Crippen LogP contribution is -2.18. The molecule has 1 amide bonds. The van der Waals surface area contributed by atoms with Gasteiger partial charge in [-0.1, -0.05) is 11.6 Å². The first-order chi connectivity index (χ1) is 4.20. The van der Waals surface area contributed by atoms with Gasteiger partial charge in [0.1, 0.15) is 11.2 Å². The Balaban J connectivity index is 2.82. The molecule has 3 nitrogen and oxygen atoms in total. The van der Waals surface area contributed by atoms with Crippen molar-refractivity contribution in [2.45, 2.75) is 13.0 Å². The fraction of sp³-hybridized carbons (Fsp3) is 0.400. The Morgan fingerprint density at radius 2 is 2.44 bits per heavy atom. The van der Waals surface area contributed by atoms with Crippen molar-refractivity contribution in [3.8, 4) is 0 Å². The summed E-state index contributed by atoms with van der Waals surface area (Å²) in [5, 5.41) is 0.294. The monoisotopic (exact) mass is 144 g/mol. The molecule has 1 aliphatic rings. The van der Waals surface area contributed by atoms with E-state index in [9.17, 15) is 4.79 Å². The van der Waals surface area contributed by atoms with Gasteiger partial charge in [0.05, 0.1) is 6.21 Å². The summed E-state index contributed by atoms with van der Waals surface area (Å²) in [7, 11) is 0. The SMILES string of the molecule is C[C@H]1N=C(Cl)C=NC1=O. The number of hydrogen-bond donors (Lipinski definition) is 0. The Hall–Kier alpha value is -0.700. The molecule has 0 aromatic rings. The molecule has 1 atom stereocenters. The van der Waals surface area contributed by atoms with Crippen molar-refractivity contribution in [1.29, 1.82) is 0 Å². The number of carbonyl (C=O) groups excluding carboxylic acids is 1. The fourth-order valence-corrected chi connectivity index (χ4v) is 0.693. The highest BCUT2D eigenvalue weighted by Gasteiger charge is 2.13. The van der Waals surface area contributed by atoms with Gasteiger partial charge in [-0.25, -0.2) is 4.99 Å². The smallest absolute Gasteiger partial charge is 0.270 e. The molecule has 1 heterocycles. The Morgan fingerprint density at radius 3 is 2.89 bits per heavy atom. The molecule has 0 aromatic carbocycles. The number of nitrogens with zero attached hydrogens (tertiary/aromatic N) is 2. The van der Waals surface area contributed by atoms with Crippen LogP contribution in [0.3, 0.4) is 0 Å². The maximum absolute atomic E-state index is 10.6. The number of aliphatic imine (C=N–C) groups is 2. The minimum Gasteiger partial charge on any atom is -0.270 e. The van der Waals surface area contributed by atoms with E-state index in [4.69, 9.17) is 11.6 Å². The lowest BCUT2D eigenvalue weighted by Gasteiger charge is -2.03. The Kier molecular flexibility index (Phi) is 1.62. The van der Waals surface area contributed by atoms with Crippen LogP contribution in [0.2, 0.25) is 0 Å². The van der Waals surface area contributed by atoms with Crippen LogP contribution in [0, 0.1) is 0 Å². The zero-order chi connectivity index (χ0) is 6.85. The molecule has 0 aliphatic carbocycles. The molecule has 48 valence electrons. The van der Waals surface area contributed by atoms with Gasteiger partial charge in [0.15, 0.2) is 0 Å². The molecule has 0 saturated heterocycles. The Labute approximate surface area is 57.4 Å². The van der Waals surface area contributed by atoms with Gasteiger partial charge in [0.2, 0.25) is 0 Å². The lowest BCUT2D eigenvalue weighted by atomic mass is 10.3. The summed E-state index contributed by atoms with van der Waals surface area (Å²) in [4.78, 5) is 17.8. The minimum absolute atomic E-state index is 0.237. The normalized spacial score (nSPS) is 26.2. The molecule has 0 N–H and O–H groups in total. The van der Waals surface area contributed by atoms with Gasteiger partial charge in [-0.15, -0.1) is 0 Å². The molecule has 0 unspecified atom stereocenters. The lowest BCUT2D eigenvalue weighted by molar-refractivity contribution is -0.118. The van der Waals surface area contributed by atoms with E-state index < -0.39 is 6.04 Å². The van der Waals surface area contributed by atoms with Crippen molar-refractivity contribution >= 4 is 28.9 Å². The zero-order valence-corrected chi connectivity index (χ0v) is 5.59. The summed E-state index contributed by atoms with van der Waals surface area (Å²) >= 11 is 5.43. The number of carbonyl (C=O) groups is 1. The van der Waals surface area contributed by atoms with E-state index >= 15 is 0 Å². The first kappa shape index (κ1) is 6.42. The highest BCUT2D eigenvalue weighted by molar-refractivity contribution is 6.80. The van der Waals surface area contributed by atoms with Gasteiger partial charge in [0.25, 0.3) is 5.91 Å². The van der Waals surface area contributed by atoms with E-state index in [2.05, 4.69) is 9.98 Å². The summed E-state index contributed by atoms with van der Waals surface area (Å²) in [6.45, 7) is 1.65. The van der Waals surface area contributed by atoms with Crippen molar-refractivity contribution in [2.75, 3.05) is 0 Å². The third-order valence-corrected chi connectivity index (χ3v) is 1.17. The van der Waals surface area contributed by atoms with Crippen LogP contribution in [0.1, 0.15) is 6.92 Å². The van der Waals surface area contributed by atoms with Crippen molar-refractivity contribution in [3.05, 3.63) is 0 Å². The van der Waals surface area contributed by atoms with Gasteiger partial charge in [0, 0.05) is 0 Å². The van der Waals surface area contributed by atoms with Gasteiger partial charge >= 0.3 is 0 Å². The second-order valence-corrected chi connectivity index (χ2v) is 2.11. The van der Waals surface area contributed by atoms with Gasteiger partial charge in [-0.2, -0.15) is 0 Å². The highest BCUT2D eigenvalue weighted by Crippen LogP contribution is 2.00. The maximum atomic E-state index is 10.6. The van der Waals surface area contributed by atoms with Gasteiger partial charge in [-0.3, -0.25) is 9.79 Å². The van der Waals surface area contributed by atoms with Crippen LogP contribution >= 0.6 is 11.6 Å². The summed E-state index contributed by atoms with van der Waals surface area (Å²) in [6.07, 6.45) is 1.25. The number of halogens is 1. The topological polar surface area (TPSA) is 41.8 Å². The van der Waals surface area contributed by atoms with E-state index in [1.54, 1.807) is 6.92 Å². The van der Waals surface area contributed by atoms with Gasteiger partial charge < -0.3 is 0 Å². The second-order valence-electron chi connectivity index (χ2n) is 1.72. The van der Waals surface area contributed by atoms with Crippen molar-refractivity contribution in [2.24, 2.45) is 9.98 Å². The van der Waals surface area contributed by atoms with E-state index in [0.29, 0.717) is 5.17 Å². The first-order valence-electron chi connectivity index (χ1n) is 2.51. The quantitative estimate of drug-likeness (QED) is 0.492. The van der Waals surface area contributed by atoms with E-state index in [1.807, 2.05) is 0 Å². The molecule has 0 saturated carbocycles. The third-order valence-electron chi connectivity index (χ3n) is 0.973. The maximum Gasteiger partial charge on any atom is 0.270 e. The van der Waals surface area contributed by atoms with Crippen molar-refractivity contribution < 1.29 is 4.79 Å². The molecule has 0 bridgehead atoms. The van der Waals surface area contributed by atoms with Crippen LogP contribution in [-0.2, 0) is 4.79 Å². The van der Waals surface area contributed by atoms with Crippen LogP contribution in [0.5, 0.6) is 0 Å². The van der Waals surface area contributed by atoms with Crippen LogP contribution in [0.4, 0.5) is 0 Å². The molecular weight excluding hydrogens is 140 g/mol. The zero-order valence-electron chi connectivity index (χ0n) is 4.84. The molecule has 0 fully saturated rings. The number of rotatable bonds is 0. The highest BCUT2D eigenvalue weighted by atomic mass is 35.5. The Morgan fingerprint density at radius 1 is 1.78 bits per heavy atom. The molecule has 4 heteroatoms. The largest absolute Gasteiger partial charge is 0.270 e. The molecule has 0 radical (unpaired) electrons. The molecule has 0 aromatic heterocycles. The van der Waals surface area contributed by atoms with Gasteiger partial charge in [-0.05, 0) is 6.92 Å². The summed E-state index contributed by atoms with van der Waals surface area (Å²) in [6, 6.07) is -0.400. The first-order valence-corrected chi connectivity index (χ1v) is 2.89. The van der Waals surface area contributed by atoms with E-state index in [0.717, 1.165) is 0 Å². The van der Waals surface area contributed by atoms with E-state index in [1.165, 1.54) is 6.21 Å². The van der Waals surface area contributed by atoms with Crippen LogP contribution in [0.15, 0.2) is 9.98 Å². The second kappa shape index (κ2) is 2.27. The molecule has 1 aliphatic heterocycles. The average Bonchev–Trinajstić information content (AvgIpc) is 1.80. The van der Waals surface area contributed by atoms with Crippen LogP contribution < -0.4 is 0 Å². The fourth-order valence-electron chi connectivity index (χ4n) is 0.498. The number of hydrogen-bond acceptors (Lipinski definition) is 2. The van der Waals surface area contributed by atoms with Crippen LogP contribution in [0.25, 0.3) is 0 Å². The standard InChI is InChI=1S/C5H5ClN2O/c1-3-5(9)7-2-4(6)8-3/h2-3H,1H3/t3-/m1/s1. The minimum atomic E-state index is -0.400. The van der Waals surface area contributed by atoms with Crippen LogP contribution in [-0.4, -0.2) is 23.3 Å². The number of amides is 1. The Bertz CT molecular complexity index is 197. The summed E-state index contributed by atoms with van der Waals surface area (Å²) in [5.41, 5.74) is 0. The van der Waals surface area contributed by atoms with Crippen molar-refractivity contribution in [1.82, 2.24) is 0 Å².